The molecule has 1 fully saturated rings. The number of hydrogen-bond acceptors (Lipinski definition) is 3. The predicted octanol–water partition coefficient (Wildman–Crippen LogP) is 1.72. The quantitative estimate of drug-likeness (QED) is 0.704. The predicted molar refractivity (Wildman–Crippen MR) is 68.5 cm³/mol. The molecule has 0 aromatic carbocycles. The molecule has 0 aromatic rings. The van der Waals surface area contributed by atoms with Crippen LogP contribution in [0, 0.1) is 11.8 Å². The van der Waals surface area contributed by atoms with Crippen molar-refractivity contribution in [3.63, 3.8) is 0 Å². The molecule has 0 bridgehead atoms. The summed E-state index contributed by atoms with van der Waals surface area (Å²) in [5.41, 5.74) is 6.13. The van der Waals surface area contributed by atoms with Crippen LogP contribution in [0.2, 0.25) is 0 Å². The highest BCUT2D eigenvalue weighted by Crippen LogP contribution is 2.22. The lowest BCUT2D eigenvalue weighted by molar-refractivity contribution is 0.127. The minimum absolute atomic E-state index is 0.316. The Labute approximate surface area is 100 Å². The Hall–Kier alpha value is -0.120. The largest absolute Gasteiger partial charge is 0.385 e. The highest BCUT2D eigenvalue weighted by molar-refractivity contribution is 4.78. The van der Waals surface area contributed by atoms with E-state index in [0.29, 0.717) is 6.04 Å². The van der Waals surface area contributed by atoms with Gasteiger partial charge in [-0.3, -0.25) is 0 Å². The van der Waals surface area contributed by atoms with Crippen LogP contribution in [0.15, 0.2) is 0 Å². The summed E-state index contributed by atoms with van der Waals surface area (Å²) in [6.45, 7) is 9.05. The zero-order valence-corrected chi connectivity index (χ0v) is 11.1. The van der Waals surface area contributed by atoms with Gasteiger partial charge in [-0.25, -0.2) is 0 Å². The zero-order chi connectivity index (χ0) is 12.0. The van der Waals surface area contributed by atoms with Crippen LogP contribution in [0.4, 0.5) is 0 Å². The molecule has 0 radical (unpaired) electrons. The Morgan fingerprint density at radius 2 is 2.12 bits per heavy atom. The highest BCUT2D eigenvalue weighted by Gasteiger charge is 2.23. The number of ether oxygens (including phenoxy) is 1. The van der Waals surface area contributed by atoms with E-state index < -0.39 is 0 Å². The first kappa shape index (κ1) is 13.9. The molecule has 1 rings (SSSR count). The van der Waals surface area contributed by atoms with Crippen LogP contribution in [-0.2, 0) is 4.74 Å². The minimum atomic E-state index is 0.316. The van der Waals surface area contributed by atoms with Crippen molar-refractivity contribution in [3.05, 3.63) is 0 Å². The number of piperidine rings is 1. The minimum Gasteiger partial charge on any atom is -0.385 e. The van der Waals surface area contributed by atoms with Crippen molar-refractivity contribution >= 4 is 0 Å². The van der Waals surface area contributed by atoms with Crippen molar-refractivity contribution in [2.45, 2.75) is 39.2 Å². The van der Waals surface area contributed by atoms with Crippen LogP contribution in [0.1, 0.15) is 33.1 Å². The van der Waals surface area contributed by atoms with Gasteiger partial charge in [-0.15, -0.1) is 0 Å². The summed E-state index contributed by atoms with van der Waals surface area (Å²) in [6, 6.07) is 0.316. The lowest BCUT2D eigenvalue weighted by Crippen LogP contribution is -2.44. The van der Waals surface area contributed by atoms with Crippen molar-refractivity contribution in [1.82, 2.24) is 4.90 Å². The van der Waals surface area contributed by atoms with E-state index >= 15 is 0 Å². The first-order valence-corrected chi connectivity index (χ1v) is 6.60. The number of nitrogens with two attached hydrogens (primary N) is 1. The lowest BCUT2D eigenvalue weighted by atomic mass is 9.88. The summed E-state index contributed by atoms with van der Waals surface area (Å²) in [4.78, 5) is 2.53. The molecule has 3 unspecified atom stereocenters. The van der Waals surface area contributed by atoms with E-state index in [2.05, 4.69) is 18.7 Å². The van der Waals surface area contributed by atoms with E-state index in [1.807, 2.05) is 0 Å². The second-order valence-corrected chi connectivity index (χ2v) is 5.40. The summed E-state index contributed by atoms with van der Waals surface area (Å²) in [7, 11) is 1.75. The van der Waals surface area contributed by atoms with Crippen molar-refractivity contribution in [1.29, 1.82) is 0 Å². The molecule has 3 atom stereocenters. The smallest absolute Gasteiger partial charge is 0.0462 e. The van der Waals surface area contributed by atoms with Crippen molar-refractivity contribution < 1.29 is 4.74 Å². The maximum Gasteiger partial charge on any atom is 0.0462 e. The summed E-state index contributed by atoms with van der Waals surface area (Å²) < 4.78 is 5.04. The maximum atomic E-state index is 6.13. The van der Waals surface area contributed by atoms with E-state index in [4.69, 9.17) is 10.5 Å². The van der Waals surface area contributed by atoms with Gasteiger partial charge in [0, 0.05) is 32.8 Å². The van der Waals surface area contributed by atoms with Crippen LogP contribution < -0.4 is 5.73 Å². The Morgan fingerprint density at radius 1 is 1.38 bits per heavy atom. The summed E-state index contributed by atoms with van der Waals surface area (Å²) >= 11 is 0. The standard InChI is InChI=1S/C13H28N2O/c1-11-6-7-15(9-12(11)2)10-13(14)5-4-8-16-3/h11-13H,4-10,14H2,1-3H3. The molecule has 0 aliphatic carbocycles. The number of likely N-dealkylation sites (tertiary alicyclic amines) is 1. The second kappa shape index (κ2) is 7.25. The van der Waals surface area contributed by atoms with Gasteiger partial charge >= 0.3 is 0 Å². The maximum absolute atomic E-state index is 6.13. The zero-order valence-electron chi connectivity index (χ0n) is 11.1. The molecule has 3 heteroatoms. The third kappa shape index (κ3) is 4.81. The summed E-state index contributed by atoms with van der Waals surface area (Å²) in [6.07, 6.45) is 3.48. The fourth-order valence-electron chi connectivity index (χ4n) is 2.43. The van der Waals surface area contributed by atoms with Gasteiger partial charge in [0.25, 0.3) is 0 Å². The van der Waals surface area contributed by atoms with Crippen molar-refractivity contribution in [2.75, 3.05) is 33.4 Å². The van der Waals surface area contributed by atoms with Crippen molar-refractivity contribution in [3.8, 4) is 0 Å². The number of methoxy groups -OCH3 is 1. The average molecular weight is 228 g/mol. The molecule has 3 nitrogen and oxygen atoms in total. The van der Waals surface area contributed by atoms with Gasteiger partial charge < -0.3 is 15.4 Å². The van der Waals surface area contributed by atoms with E-state index in [1.54, 1.807) is 7.11 Å². The summed E-state index contributed by atoms with van der Waals surface area (Å²) in [5, 5.41) is 0. The van der Waals surface area contributed by atoms with Gasteiger partial charge in [0.05, 0.1) is 0 Å². The molecular weight excluding hydrogens is 200 g/mol. The molecule has 0 aromatic heterocycles. The van der Waals surface area contributed by atoms with Gasteiger partial charge in [0.1, 0.15) is 0 Å². The first-order chi connectivity index (χ1) is 7.63. The van der Waals surface area contributed by atoms with Gasteiger partial charge in [0.15, 0.2) is 0 Å². The van der Waals surface area contributed by atoms with Gasteiger partial charge in [-0.05, 0) is 37.6 Å². The van der Waals surface area contributed by atoms with E-state index in [9.17, 15) is 0 Å². The fraction of sp³-hybridized carbons (Fsp3) is 1.00. The normalized spacial score (nSPS) is 29.2. The third-order valence-electron chi connectivity index (χ3n) is 3.83. The SMILES string of the molecule is COCCCC(N)CN1CCC(C)C(C)C1. The Morgan fingerprint density at radius 3 is 2.75 bits per heavy atom. The fourth-order valence-corrected chi connectivity index (χ4v) is 2.43. The van der Waals surface area contributed by atoms with Crippen LogP contribution >= 0.6 is 0 Å². The van der Waals surface area contributed by atoms with Crippen LogP contribution in [0.3, 0.4) is 0 Å². The molecule has 0 saturated carbocycles. The molecule has 0 spiro atoms. The van der Waals surface area contributed by atoms with E-state index in [-0.39, 0.29) is 0 Å². The van der Waals surface area contributed by atoms with Crippen molar-refractivity contribution in [2.24, 2.45) is 17.6 Å². The topological polar surface area (TPSA) is 38.5 Å². The molecule has 2 N–H and O–H groups in total. The Balaban J connectivity index is 2.16. The molecule has 96 valence electrons. The number of nitrogens with zero attached hydrogens (tertiary/aromatic N) is 1. The van der Waals surface area contributed by atoms with Gasteiger partial charge in [0.2, 0.25) is 0 Å². The van der Waals surface area contributed by atoms with E-state index in [0.717, 1.165) is 37.8 Å². The first-order valence-electron chi connectivity index (χ1n) is 6.60. The van der Waals surface area contributed by atoms with Crippen LogP contribution in [-0.4, -0.2) is 44.3 Å². The molecule has 16 heavy (non-hydrogen) atoms. The number of rotatable bonds is 6. The van der Waals surface area contributed by atoms with E-state index in [1.165, 1.54) is 19.5 Å². The molecular formula is C13H28N2O. The average Bonchev–Trinajstić information content (AvgIpc) is 2.24. The Kier molecular flexibility index (Phi) is 6.32. The molecule has 1 heterocycles. The van der Waals surface area contributed by atoms with Crippen LogP contribution in [0.25, 0.3) is 0 Å². The van der Waals surface area contributed by atoms with Gasteiger partial charge in [-0.2, -0.15) is 0 Å². The molecule has 1 aliphatic rings. The third-order valence-corrected chi connectivity index (χ3v) is 3.83. The van der Waals surface area contributed by atoms with Crippen LogP contribution in [0.5, 0.6) is 0 Å². The monoisotopic (exact) mass is 228 g/mol. The second-order valence-electron chi connectivity index (χ2n) is 5.40. The molecule has 1 aliphatic heterocycles. The lowest BCUT2D eigenvalue weighted by Gasteiger charge is -2.36. The Bertz CT molecular complexity index is 187. The van der Waals surface area contributed by atoms with Gasteiger partial charge in [-0.1, -0.05) is 13.8 Å². The summed E-state index contributed by atoms with van der Waals surface area (Å²) in [5.74, 6) is 1.70. The molecule has 0 amide bonds. The molecule has 1 saturated heterocycles. The number of hydrogen-bond donors (Lipinski definition) is 1. The highest BCUT2D eigenvalue weighted by atomic mass is 16.5.